The van der Waals surface area contributed by atoms with Crippen LogP contribution in [0.1, 0.15) is 21.5 Å². The SMILES string of the molecule is O=C(NN=Cc1cccc(Oc2ccccc2)c1)c1ccc(C[NH+]2CCOCC2)cc1. The topological polar surface area (TPSA) is 64.4 Å². The fraction of sp³-hybridized carbons (Fsp3) is 0.200. The zero-order chi connectivity index (χ0) is 21.3. The van der Waals surface area contributed by atoms with E-state index in [0.29, 0.717) is 11.3 Å². The lowest BCUT2D eigenvalue weighted by Crippen LogP contribution is -3.12. The van der Waals surface area contributed by atoms with E-state index in [-0.39, 0.29) is 5.91 Å². The molecule has 1 saturated heterocycles. The van der Waals surface area contributed by atoms with E-state index in [0.717, 1.165) is 44.2 Å². The van der Waals surface area contributed by atoms with Crippen LogP contribution in [0.25, 0.3) is 0 Å². The van der Waals surface area contributed by atoms with Crippen molar-refractivity contribution < 1.29 is 19.2 Å². The number of carbonyl (C=O) groups excluding carboxylic acids is 1. The number of quaternary nitrogens is 1. The molecule has 0 spiro atoms. The van der Waals surface area contributed by atoms with Gasteiger partial charge in [0, 0.05) is 11.1 Å². The van der Waals surface area contributed by atoms with Gasteiger partial charge < -0.3 is 14.4 Å². The quantitative estimate of drug-likeness (QED) is 0.460. The monoisotopic (exact) mass is 416 g/mol. The maximum Gasteiger partial charge on any atom is 0.271 e. The number of hydrazone groups is 1. The summed E-state index contributed by atoms with van der Waals surface area (Å²) in [5.41, 5.74) is 5.21. The van der Waals surface area contributed by atoms with Gasteiger partial charge in [-0.15, -0.1) is 0 Å². The summed E-state index contributed by atoms with van der Waals surface area (Å²) in [6, 6.07) is 24.8. The van der Waals surface area contributed by atoms with Crippen molar-refractivity contribution in [1.29, 1.82) is 0 Å². The molecule has 0 aromatic heterocycles. The first-order valence-electron chi connectivity index (χ1n) is 10.4. The molecule has 0 radical (unpaired) electrons. The largest absolute Gasteiger partial charge is 0.457 e. The summed E-state index contributed by atoms with van der Waals surface area (Å²) in [6.45, 7) is 4.62. The maximum absolute atomic E-state index is 12.4. The Bertz CT molecular complexity index is 1010. The number of morpholine rings is 1. The Morgan fingerprint density at radius 3 is 2.48 bits per heavy atom. The number of amides is 1. The molecule has 3 aromatic rings. The van der Waals surface area contributed by atoms with Crippen LogP contribution in [0, 0.1) is 0 Å². The van der Waals surface area contributed by atoms with E-state index in [9.17, 15) is 4.79 Å². The molecule has 1 aliphatic heterocycles. The molecule has 6 heteroatoms. The van der Waals surface area contributed by atoms with Crippen molar-refractivity contribution >= 4 is 12.1 Å². The van der Waals surface area contributed by atoms with Gasteiger partial charge in [-0.2, -0.15) is 5.10 Å². The van der Waals surface area contributed by atoms with E-state index < -0.39 is 0 Å². The average molecular weight is 417 g/mol. The van der Waals surface area contributed by atoms with Crippen LogP contribution in [0.5, 0.6) is 11.5 Å². The summed E-state index contributed by atoms with van der Waals surface area (Å²) < 4.78 is 11.2. The lowest BCUT2D eigenvalue weighted by Gasteiger charge is -2.23. The number of nitrogens with one attached hydrogen (secondary N) is 2. The van der Waals surface area contributed by atoms with Crippen molar-refractivity contribution in [3.63, 3.8) is 0 Å². The van der Waals surface area contributed by atoms with E-state index >= 15 is 0 Å². The second-order valence-electron chi connectivity index (χ2n) is 7.42. The minimum Gasteiger partial charge on any atom is -0.457 e. The van der Waals surface area contributed by atoms with Crippen LogP contribution in [0.15, 0.2) is 84.0 Å². The lowest BCUT2D eigenvalue weighted by atomic mass is 10.1. The predicted molar refractivity (Wildman–Crippen MR) is 120 cm³/mol. The van der Waals surface area contributed by atoms with Crippen molar-refractivity contribution in [2.24, 2.45) is 5.10 Å². The highest BCUT2D eigenvalue weighted by molar-refractivity contribution is 5.94. The standard InChI is InChI=1S/C25H25N3O3/c29-25(22-11-9-20(10-12-22)19-28-13-15-30-16-14-28)27-26-18-21-5-4-8-24(17-21)31-23-6-2-1-3-7-23/h1-12,17-18H,13-16,19H2,(H,27,29)/p+1. The lowest BCUT2D eigenvalue weighted by molar-refractivity contribution is -0.921. The Morgan fingerprint density at radius 1 is 0.968 bits per heavy atom. The second-order valence-corrected chi connectivity index (χ2v) is 7.42. The van der Waals surface area contributed by atoms with Crippen molar-refractivity contribution in [3.05, 3.63) is 95.6 Å². The minimum atomic E-state index is -0.238. The zero-order valence-corrected chi connectivity index (χ0v) is 17.3. The number of hydrogen-bond donors (Lipinski definition) is 2. The van der Waals surface area contributed by atoms with E-state index in [1.165, 1.54) is 10.5 Å². The highest BCUT2D eigenvalue weighted by Gasteiger charge is 2.14. The van der Waals surface area contributed by atoms with Gasteiger partial charge in [0.1, 0.15) is 31.1 Å². The van der Waals surface area contributed by atoms with E-state index in [1.807, 2.05) is 78.9 Å². The van der Waals surface area contributed by atoms with Gasteiger partial charge in [0.2, 0.25) is 0 Å². The van der Waals surface area contributed by atoms with Crippen molar-refractivity contribution in [2.75, 3.05) is 26.3 Å². The second kappa shape index (κ2) is 10.5. The van der Waals surface area contributed by atoms with Crippen molar-refractivity contribution in [1.82, 2.24) is 5.43 Å². The van der Waals surface area contributed by atoms with Gasteiger partial charge in [-0.05, 0) is 42.0 Å². The third kappa shape index (κ3) is 6.25. The van der Waals surface area contributed by atoms with Gasteiger partial charge in [-0.1, -0.05) is 42.5 Å². The fourth-order valence-corrected chi connectivity index (χ4v) is 3.41. The molecule has 0 saturated carbocycles. The first kappa shape index (κ1) is 20.8. The number of hydrogen-bond acceptors (Lipinski definition) is 4. The molecule has 1 amide bonds. The summed E-state index contributed by atoms with van der Waals surface area (Å²) in [4.78, 5) is 13.9. The molecule has 3 aromatic carbocycles. The number of rotatable bonds is 7. The van der Waals surface area contributed by atoms with Crippen LogP contribution in [-0.2, 0) is 11.3 Å². The van der Waals surface area contributed by atoms with Gasteiger partial charge in [0.15, 0.2) is 0 Å². The predicted octanol–water partition coefficient (Wildman–Crippen LogP) is 2.66. The zero-order valence-electron chi connectivity index (χ0n) is 17.3. The first-order chi connectivity index (χ1) is 15.3. The van der Waals surface area contributed by atoms with Crippen molar-refractivity contribution in [3.8, 4) is 11.5 Å². The highest BCUT2D eigenvalue weighted by Crippen LogP contribution is 2.21. The molecule has 4 rings (SSSR count). The summed E-state index contributed by atoms with van der Waals surface area (Å²) in [5.74, 6) is 1.24. The molecular weight excluding hydrogens is 390 g/mol. The number of carbonyl (C=O) groups is 1. The van der Waals surface area contributed by atoms with Gasteiger partial charge in [-0.3, -0.25) is 4.79 Å². The maximum atomic E-state index is 12.4. The smallest absolute Gasteiger partial charge is 0.271 e. The Morgan fingerprint density at radius 2 is 1.71 bits per heavy atom. The molecule has 1 heterocycles. The Hall–Kier alpha value is -3.48. The number of benzene rings is 3. The molecule has 2 N–H and O–H groups in total. The first-order valence-corrected chi connectivity index (χ1v) is 10.4. The molecule has 0 unspecified atom stereocenters. The molecule has 1 aliphatic rings. The fourth-order valence-electron chi connectivity index (χ4n) is 3.41. The van der Waals surface area contributed by atoms with Crippen LogP contribution in [0.4, 0.5) is 0 Å². The van der Waals surface area contributed by atoms with Crippen LogP contribution in [0.2, 0.25) is 0 Å². The Labute approximate surface area is 182 Å². The van der Waals surface area contributed by atoms with E-state index in [4.69, 9.17) is 9.47 Å². The van der Waals surface area contributed by atoms with Gasteiger partial charge in [-0.25, -0.2) is 5.43 Å². The number of ether oxygens (including phenoxy) is 2. The van der Waals surface area contributed by atoms with Crippen LogP contribution >= 0.6 is 0 Å². The number of para-hydroxylation sites is 1. The van der Waals surface area contributed by atoms with E-state index in [2.05, 4.69) is 10.5 Å². The minimum absolute atomic E-state index is 0.238. The van der Waals surface area contributed by atoms with Crippen molar-refractivity contribution in [2.45, 2.75) is 6.54 Å². The van der Waals surface area contributed by atoms with Gasteiger partial charge in [0.05, 0.1) is 19.4 Å². The van der Waals surface area contributed by atoms with E-state index in [1.54, 1.807) is 6.21 Å². The molecule has 1 fully saturated rings. The van der Waals surface area contributed by atoms with Gasteiger partial charge in [0.25, 0.3) is 5.91 Å². The Kier molecular flexibility index (Phi) is 7.05. The molecule has 0 bridgehead atoms. The Balaban J connectivity index is 1.30. The summed E-state index contributed by atoms with van der Waals surface area (Å²) in [6.07, 6.45) is 1.60. The molecule has 6 nitrogen and oxygen atoms in total. The average Bonchev–Trinajstić information content (AvgIpc) is 2.81. The molecule has 0 aliphatic carbocycles. The molecule has 0 atom stereocenters. The third-order valence-electron chi connectivity index (χ3n) is 5.09. The molecular formula is C25H26N3O3+. The van der Waals surface area contributed by atoms with Crippen LogP contribution in [0.3, 0.4) is 0 Å². The summed E-state index contributed by atoms with van der Waals surface area (Å²) >= 11 is 0. The summed E-state index contributed by atoms with van der Waals surface area (Å²) in [7, 11) is 0. The third-order valence-corrected chi connectivity index (χ3v) is 5.09. The molecule has 31 heavy (non-hydrogen) atoms. The normalized spacial score (nSPS) is 14.5. The highest BCUT2D eigenvalue weighted by atomic mass is 16.5. The van der Waals surface area contributed by atoms with Crippen LogP contribution < -0.4 is 15.1 Å². The van der Waals surface area contributed by atoms with Crippen LogP contribution in [-0.4, -0.2) is 38.4 Å². The van der Waals surface area contributed by atoms with Gasteiger partial charge >= 0.3 is 0 Å². The summed E-state index contributed by atoms with van der Waals surface area (Å²) in [5, 5.41) is 4.08. The number of nitrogens with zero attached hydrogens (tertiary/aromatic N) is 1. The molecule has 158 valence electrons.